The minimum Gasteiger partial charge on any atom is -0.444 e. The van der Waals surface area contributed by atoms with Crippen LogP contribution in [-0.2, 0) is 13.0 Å². The van der Waals surface area contributed by atoms with Crippen LogP contribution < -0.4 is 10.6 Å². The molecule has 180 valence electrons. The van der Waals surface area contributed by atoms with E-state index in [1.807, 2.05) is 20.0 Å². The van der Waals surface area contributed by atoms with Crippen molar-refractivity contribution < 1.29 is 8.81 Å². The first-order chi connectivity index (χ1) is 15.5. The SMILES string of the molecule is CN=C(NCCc1c[nH]c2ccc(F)cc12)NCC1CCN(Cc2nc(C)c(C)o2)CC1.I. The average Bonchev–Trinajstić information content (AvgIpc) is 3.33. The van der Waals surface area contributed by atoms with Crippen molar-refractivity contribution in [3.05, 3.63) is 53.1 Å². The lowest BCUT2D eigenvalue weighted by Crippen LogP contribution is -2.43. The fourth-order valence-electron chi connectivity index (χ4n) is 4.28. The van der Waals surface area contributed by atoms with Crippen molar-refractivity contribution in [2.24, 2.45) is 10.9 Å². The monoisotopic (exact) mass is 568 g/mol. The van der Waals surface area contributed by atoms with Gasteiger partial charge in [-0.05, 0) is 75.9 Å². The number of nitrogens with one attached hydrogen (secondary N) is 3. The molecule has 0 radical (unpaired) electrons. The van der Waals surface area contributed by atoms with E-state index in [0.717, 1.165) is 91.8 Å². The number of hydrogen-bond donors (Lipinski definition) is 3. The number of piperidine rings is 1. The van der Waals surface area contributed by atoms with Crippen LogP contribution in [-0.4, -0.2) is 54.1 Å². The Morgan fingerprint density at radius 3 is 2.76 bits per heavy atom. The van der Waals surface area contributed by atoms with Gasteiger partial charge in [0.05, 0.1) is 12.2 Å². The minimum atomic E-state index is -0.208. The molecule has 0 amide bonds. The van der Waals surface area contributed by atoms with E-state index < -0.39 is 0 Å². The van der Waals surface area contributed by atoms with Gasteiger partial charge >= 0.3 is 0 Å². The number of nitrogens with zero attached hydrogens (tertiary/aromatic N) is 3. The van der Waals surface area contributed by atoms with E-state index in [0.29, 0.717) is 5.92 Å². The summed E-state index contributed by atoms with van der Waals surface area (Å²) in [5, 5.41) is 7.78. The Labute approximate surface area is 211 Å². The van der Waals surface area contributed by atoms with Crippen LogP contribution in [0.4, 0.5) is 4.39 Å². The zero-order chi connectivity index (χ0) is 22.5. The second-order valence-corrected chi connectivity index (χ2v) is 8.60. The van der Waals surface area contributed by atoms with Crippen LogP contribution in [0.25, 0.3) is 10.9 Å². The van der Waals surface area contributed by atoms with Crippen molar-refractivity contribution >= 4 is 40.8 Å². The van der Waals surface area contributed by atoms with E-state index in [9.17, 15) is 4.39 Å². The van der Waals surface area contributed by atoms with Gasteiger partial charge in [-0.25, -0.2) is 9.37 Å². The lowest BCUT2D eigenvalue weighted by Gasteiger charge is -2.31. The number of aromatic amines is 1. The molecule has 0 aliphatic carbocycles. The quantitative estimate of drug-likeness (QED) is 0.227. The van der Waals surface area contributed by atoms with Crippen molar-refractivity contribution in [1.82, 2.24) is 25.5 Å². The number of oxazole rings is 1. The van der Waals surface area contributed by atoms with Gasteiger partial charge < -0.3 is 20.0 Å². The predicted molar refractivity (Wildman–Crippen MR) is 141 cm³/mol. The molecule has 0 unspecified atom stereocenters. The molecule has 7 nitrogen and oxygen atoms in total. The topological polar surface area (TPSA) is 81.5 Å². The first kappa shape index (κ1) is 25.5. The Morgan fingerprint density at radius 2 is 2.06 bits per heavy atom. The molecule has 0 atom stereocenters. The number of aryl methyl sites for hydroxylation is 2. The van der Waals surface area contributed by atoms with Gasteiger partial charge in [0.25, 0.3) is 0 Å². The summed E-state index contributed by atoms with van der Waals surface area (Å²) >= 11 is 0. The van der Waals surface area contributed by atoms with E-state index in [2.05, 4.69) is 30.5 Å². The number of rotatable bonds is 7. The Morgan fingerprint density at radius 1 is 1.27 bits per heavy atom. The highest BCUT2D eigenvalue weighted by Gasteiger charge is 2.21. The Kier molecular flexibility index (Phi) is 9.13. The van der Waals surface area contributed by atoms with Gasteiger partial charge in [0.15, 0.2) is 5.96 Å². The van der Waals surface area contributed by atoms with E-state index in [4.69, 9.17) is 4.42 Å². The molecule has 1 fully saturated rings. The zero-order valence-electron chi connectivity index (χ0n) is 19.6. The number of aliphatic imine (C=N–C) groups is 1. The van der Waals surface area contributed by atoms with Crippen molar-refractivity contribution in [3.63, 3.8) is 0 Å². The highest BCUT2D eigenvalue weighted by atomic mass is 127. The molecule has 1 aromatic carbocycles. The molecule has 3 aromatic rings. The zero-order valence-corrected chi connectivity index (χ0v) is 21.9. The normalized spacial score (nSPS) is 15.6. The molecule has 0 spiro atoms. The van der Waals surface area contributed by atoms with Gasteiger partial charge in [-0.1, -0.05) is 0 Å². The number of fused-ring (bicyclic) bond motifs is 1. The molecule has 3 N–H and O–H groups in total. The van der Waals surface area contributed by atoms with Crippen molar-refractivity contribution in [2.75, 3.05) is 33.2 Å². The Balaban J connectivity index is 0.00000306. The van der Waals surface area contributed by atoms with Crippen molar-refractivity contribution in [3.8, 4) is 0 Å². The second-order valence-electron chi connectivity index (χ2n) is 8.60. The van der Waals surface area contributed by atoms with E-state index in [-0.39, 0.29) is 29.8 Å². The smallest absolute Gasteiger partial charge is 0.208 e. The summed E-state index contributed by atoms with van der Waals surface area (Å²) in [7, 11) is 1.79. The molecule has 9 heteroatoms. The third-order valence-corrected chi connectivity index (χ3v) is 6.34. The average molecular weight is 568 g/mol. The highest BCUT2D eigenvalue weighted by molar-refractivity contribution is 14.0. The summed E-state index contributed by atoms with van der Waals surface area (Å²) in [6.45, 7) is 8.48. The van der Waals surface area contributed by atoms with Gasteiger partial charge in [0.1, 0.15) is 11.6 Å². The summed E-state index contributed by atoms with van der Waals surface area (Å²) < 4.78 is 19.3. The van der Waals surface area contributed by atoms with Gasteiger partial charge in [-0.15, -0.1) is 24.0 Å². The minimum absolute atomic E-state index is 0. The molecule has 1 saturated heterocycles. The summed E-state index contributed by atoms with van der Waals surface area (Å²) in [6, 6.07) is 4.85. The first-order valence-electron chi connectivity index (χ1n) is 11.4. The van der Waals surface area contributed by atoms with Crippen LogP contribution in [0.15, 0.2) is 33.8 Å². The van der Waals surface area contributed by atoms with Crippen molar-refractivity contribution in [1.29, 1.82) is 0 Å². The number of benzene rings is 1. The summed E-state index contributed by atoms with van der Waals surface area (Å²) in [6.07, 6.45) is 5.03. The number of likely N-dealkylation sites (tertiary alicyclic amines) is 1. The molecule has 1 aliphatic heterocycles. The predicted octanol–water partition coefficient (Wildman–Crippen LogP) is 4.15. The van der Waals surface area contributed by atoms with Gasteiger partial charge in [-0.2, -0.15) is 0 Å². The molecular weight excluding hydrogens is 534 g/mol. The lowest BCUT2D eigenvalue weighted by molar-refractivity contribution is 0.164. The number of halogens is 2. The fraction of sp³-hybridized carbons (Fsp3) is 0.500. The summed E-state index contributed by atoms with van der Waals surface area (Å²) in [5.74, 6) is 2.95. The lowest BCUT2D eigenvalue weighted by atomic mass is 9.97. The van der Waals surface area contributed by atoms with Crippen LogP contribution in [0, 0.1) is 25.6 Å². The van der Waals surface area contributed by atoms with Gasteiger partial charge in [-0.3, -0.25) is 9.89 Å². The molecule has 1 aliphatic rings. The molecule has 2 aromatic heterocycles. The molecule has 0 saturated carbocycles. The first-order valence-corrected chi connectivity index (χ1v) is 11.4. The van der Waals surface area contributed by atoms with Crippen LogP contribution in [0.1, 0.15) is 35.7 Å². The van der Waals surface area contributed by atoms with Crippen LogP contribution in [0.5, 0.6) is 0 Å². The van der Waals surface area contributed by atoms with Crippen molar-refractivity contribution in [2.45, 2.75) is 39.7 Å². The number of guanidine groups is 1. The molecule has 4 rings (SSSR count). The van der Waals surface area contributed by atoms with Crippen LogP contribution in [0.3, 0.4) is 0 Å². The second kappa shape index (κ2) is 11.8. The molecule has 33 heavy (non-hydrogen) atoms. The van der Waals surface area contributed by atoms with Crippen LogP contribution in [0.2, 0.25) is 0 Å². The number of aromatic nitrogens is 2. The summed E-state index contributed by atoms with van der Waals surface area (Å²) in [4.78, 5) is 14.5. The van der Waals surface area contributed by atoms with Gasteiger partial charge in [0, 0.05) is 37.2 Å². The maximum Gasteiger partial charge on any atom is 0.208 e. The molecule has 0 bridgehead atoms. The summed E-state index contributed by atoms with van der Waals surface area (Å²) in [5.41, 5.74) is 3.05. The maximum atomic E-state index is 13.6. The van der Waals surface area contributed by atoms with E-state index >= 15 is 0 Å². The number of H-pyrrole nitrogens is 1. The maximum absolute atomic E-state index is 13.6. The van der Waals surface area contributed by atoms with E-state index in [1.165, 1.54) is 6.07 Å². The Hall–Kier alpha value is -2.14. The highest BCUT2D eigenvalue weighted by Crippen LogP contribution is 2.20. The van der Waals surface area contributed by atoms with E-state index in [1.54, 1.807) is 19.2 Å². The van der Waals surface area contributed by atoms with Gasteiger partial charge in [0.2, 0.25) is 5.89 Å². The third-order valence-electron chi connectivity index (χ3n) is 6.34. The van der Waals surface area contributed by atoms with Crippen LogP contribution >= 0.6 is 24.0 Å². The fourth-order valence-corrected chi connectivity index (χ4v) is 4.28. The molecule has 3 heterocycles. The number of hydrogen-bond acceptors (Lipinski definition) is 4. The third kappa shape index (κ3) is 6.69. The molecular formula is C24H34FIN6O. The Bertz CT molecular complexity index is 1050. The standard InChI is InChI=1S/C24H33FN6O.HI/c1-16-17(2)32-23(30-16)15-31-10-7-18(8-11-31)13-29-24(26-3)27-9-6-19-14-28-22-5-4-20(25)12-21(19)22;/h4-5,12,14,18,28H,6-11,13,15H2,1-3H3,(H2,26,27,29);1H. The largest absolute Gasteiger partial charge is 0.444 e.